The highest BCUT2D eigenvalue weighted by molar-refractivity contribution is 6.32. The second-order valence-electron chi connectivity index (χ2n) is 4.47. The summed E-state index contributed by atoms with van der Waals surface area (Å²) in [6, 6.07) is 0. The van der Waals surface area contributed by atoms with Gasteiger partial charge in [0, 0.05) is 32.9 Å². The second kappa shape index (κ2) is 8.08. The summed E-state index contributed by atoms with van der Waals surface area (Å²) in [6.45, 7) is 7.97. The van der Waals surface area contributed by atoms with Crippen molar-refractivity contribution in [3.8, 4) is 0 Å². The zero-order chi connectivity index (χ0) is 14.3. The highest BCUT2D eigenvalue weighted by atomic mass is 35.5. The van der Waals surface area contributed by atoms with Crippen molar-refractivity contribution in [2.75, 3.05) is 33.9 Å². The summed E-state index contributed by atoms with van der Waals surface area (Å²) in [5.41, 5.74) is 1.80. The number of allylic oxidation sites excluding steroid dienone is 6. The predicted octanol–water partition coefficient (Wildman–Crippen LogP) is 3.45. The Morgan fingerprint density at radius 1 is 1.42 bits per heavy atom. The molecular weight excluding hydrogens is 262 g/mol. The molecule has 0 fully saturated rings. The molecule has 0 atom stereocenters. The van der Waals surface area contributed by atoms with E-state index in [1.165, 1.54) is 0 Å². The largest absolute Gasteiger partial charge is 0.496 e. The molecule has 19 heavy (non-hydrogen) atoms. The van der Waals surface area contributed by atoms with Crippen molar-refractivity contribution >= 4 is 11.6 Å². The Morgan fingerprint density at radius 2 is 2.16 bits per heavy atom. The smallest absolute Gasteiger partial charge is 0.115 e. The topological polar surface area (TPSA) is 21.7 Å². The van der Waals surface area contributed by atoms with Gasteiger partial charge >= 0.3 is 0 Å². The van der Waals surface area contributed by atoms with E-state index in [1.54, 1.807) is 7.11 Å². The van der Waals surface area contributed by atoms with E-state index in [-0.39, 0.29) is 0 Å². The maximum atomic E-state index is 6.26. The van der Waals surface area contributed by atoms with Crippen molar-refractivity contribution in [2.45, 2.75) is 13.3 Å². The molecule has 0 saturated carbocycles. The van der Waals surface area contributed by atoms with Gasteiger partial charge in [-0.3, -0.25) is 0 Å². The van der Waals surface area contributed by atoms with E-state index < -0.39 is 0 Å². The lowest BCUT2D eigenvalue weighted by Crippen LogP contribution is -2.21. The molecule has 0 bridgehead atoms. The van der Waals surface area contributed by atoms with Crippen molar-refractivity contribution in [3.05, 3.63) is 46.9 Å². The maximum absolute atomic E-state index is 6.26. The van der Waals surface area contributed by atoms with Crippen LogP contribution in [0.5, 0.6) is 0 Å². The number of likely N-dealkylation sites (N-methyl/N-ethyl adjacent to an activating group) is 1. The van der Waals surface area contributed by atoms with Gasteiger partial charge in [-0.25, -0.2) is 0 Å². The average Bonchev–Trinajstić information content (AvgIpc) is 2.43. The molecule has 1 rings (SSSR count). The highest BCUT2D eigenvalue weighted by Gasteiger charge is 2.11. The molecule has 0 aromatic heterocycles. The van der Waals surface area contributed by atoms with Gasteiger partial charge < -0.3 is 14.4 Å². The van der Waals surface area contributed by atoms with Crippen LogP contribution in [0.3, 0.4) is 0 Å². The summed E-state index contributed by atoms with van der Waals surface area (Å²) < 4.78 is 10.8. The van der Waals surface area contributed by atoms with E-state index in [9.17, 15) is 0 Å². The van der Waals surface area contributed by atoms with Crippen LogP contribution in [0.4, 0.5) is 0 Å². The molecule has 106 valence electrons. The second-order valence-corrected chi connectivity index (χ2v) is 4.85. The van der Waals surface area contributed by atoms with Gasteiger partial charge in [-0.15, -0.1) is 0 Å². The van der Waals surface area contributed by atoms with Crippen LogP contribution in [0.15, 0.2) is 46.9 Å². The molecule has 0 aromatic rings. The molecule has 0 saturated heterocycles. The van der Waals surface area contributed by atoms with Crippen LogP contribution in [0.25, 0.3) is 0 Å². The van der Waals surface area contributed by atoms with Gasteiger partial charge in [0.25, 0.3) is 0 Å². The monoisotopic (exact) mass is 283 g/mol. The average molecular weight is 284 g/mol. The molecule has 0 amide bonds. The normalized spacial score (nSPS) is 25.2. The van der Waals surface area contributed by atoms with Crippen LogP contribution in [0, 0.1) is 0 Å². The SMILES string of the molecule is C=C1/C=C\C=C(\OCCCOC)CN(C)/C(C)=C\1Cl. The first-order valence-electron chi connectivity index (χ1n) is 6.32. The van der Waals surface area contributed by atoms with Crippen molar-refractivity contribution < 1.29 is 9.47 Å². The summed E-state index contributed by atoms with van der Waals surface area (Å²) in [7, 11) is 3.68. The number of methoxy groups -OCH3 is 1. The van der Waals surface area contributed by atoms with E-state index in [2.05, 4.69) is 11.5 Å². The molecule has 1 heterocycles. The fourth-order valence-corrected chi connectivity index (χ4v) is 1.86. The number of halogens is 1. The minimum absolute atomic E-state index is 0.652. The highest BCUT2D eigenvalue weighted by Crippen LogP contribution is 2.23. The Kier molecular flexibility index (Phi) is 6.74. The number of nitrogens with zero attached hydrogens (tertiary/aromatic N) is 1. The number of rotatable bonds is 5. The van der Waals surface area contributed by atoms with Gasteiger partial charge in [-0.05, 0) is 18.6 Å². The van der Waals surface area contributed by atoms with Gasteiger partial charge in [0.15, 0.2) is 0 Å². The molecule has 3 nitrogen and oxygen atoms in total. The summed E-state index contributed by atoms with van der Waals surface area (Å²) in [4.78, 5) is 2.06. The van der Waals surface area contributed by atoms with Gasteiger partial charge in [0.1, 0.15) is 5.76 Å². The summed E-state index contributed by atoms with van der Waals surface area (Å²) >= 11 is 6.26. The molecule has 0 aromatic carbocycles. The van der Waals surface area contributed by atoms with Gasteiger partial charge in [0.05, 0.1) is 18.2 Å². The Bertz CT molecular complexity index is 410. The zero-order valence-electron chi connectivity index (χ0n) is 11.9. The van der Waals surface area contributed by atoms with Crippen LogP contribution < -0.4 is 0 Å². The lowest BCUT2D eigenvalue weighted by molar-refractivity contribution is 0.137. The first kappa shape index (κ1) is 15.9. The van der Waals surface area contributed by atoms with E-state index in [0.29, 0.717) is 24.8 Å². The fraction of sp³-hybridized carbons (Fsp3) is 0.467. The Morgan fingerprint density at radius 3 is 2.84 bits per heavy atom. The summed E-state index contributed by atoms with van der Waals surface area (Å²) in [6.07, 6.45) is 6.65. The number of hydrogen-bond donors (Lipinski definition) is 0. The van der Waals surface area contributed by atoms with E-state index >= 15 is 0 Å². The van der Waals surface area contributed by atoms with E-state index in [4.69, 9.17) is 21.1 Å². The maximum Gasteiger partial charge on any atom is 0.115 e. The van der Waals surface area contributed by atoms with E-state index in [0.717, 1.165) is 23.5 Å². The first-order valence-corrected chi connectivity index (χ1v) is 6.69. The van der Waals surface area contributed by atoms with Gasteiger partial charge in [-0.1, -0.05) is 30.3 Å². The van der Waals surface area contributed by atoms with Gasteiger partial charge in [0.2, 0.25) is 0 Å². The van der Waals surface area contributed by atoms with Crippen molar-refractivity contribution in [1.29, 1.82) is 0 Å². The number of ether oxygens (including phenoxy) is 2. The van der Waals surface area contributed by atoms with Crippen LogP contribution in [0.1, 0.15) is 13.3 Å². The third-order valence-electron chi connectivity index (χ3n) is 2.92. The molecule has 1 aliphatic heterocycles. The molecule has 0 unspecified atom stereocenters. The van der Waals surface area contributed by atoms with Crippen LogP contribution in [0.2, 0.25) is 0 Å². The lowest BCUT2D eigenvalue weighted by Gasteiger charge is -2.22. The standard InChI is InChI=1S/C15H22ClNO2/c1-12-7-5-8-14(19-10-6-9-18-4)11-17(3)13(2)15(12)16/h5,7-8H,1,6,9-11H2,2-4H3/b7-5-,14-8+,15-13+. The number of hydrogen-bond acceptors (Lipinski definition) is 3. The molecule has 4 heteroatoms. The van der Waals surface area contributed by atoms with Crippen molar-refractivity contribution in [3.63, 3.8) is 0 Å². The van der Waals surface area contributed by atoms with Crippen LogP contribution in [-0.2, 0) is 9.47 Å². The molecule has 0 aliphatic carbocycles. The van der Waals surface area contributed by atoms with E-state index in [1.807, 2.05) is 32.2 Å². The molecule has 0 spiro atoms. The summed E-state index contributed by atoms with van der Waals surface area (Å²) in [5.74, 6) is 0.911. The Labute approximate surface area is 120 Å². The fourth-order valence-electron chi connectivity index (χ4n) is 1.65. The van der Waals surface area contributed by atoms with Gasteiger partial charge in [-0.2, -0.15) is 0 Å². The Balaban J connectivity index is 2.72. The van der Waals surface area contributed by atoms with Crippen molar-refractivity contribution in [1.82, 2.24) is 4.90 Å². The first-order chi connectivity index (χ1) is 9.06. The molecule has 0 N–H and O–H groups in total. The quantitative estimate of drug-likeness (QED) is 0.722. The molecule has 1 aliphatic rings. The third kappa shape index (κ3) is 5.13. The summed E-state index contributed by atoms with van der Waals surface area (Å²) in [5, 5.41) is 0.688. The minimum atomic E-state index is 0.652. The predicted molar refractivity (Wildman–Crippen MR) is 80.0 cm³/mol. The van der Waals surface area contributed by atoms with Crippen molar-refractivity contribution in [2.24, 2.45) is 0 Å². The third-order valence-corrected chi connectivity index (χ3v) is 3.44. The molecular formula is C15H22ClNO2. The molecule has 0 radical (unpaired) electrons. The zero-order valence-corrected chi connectivity index (χ0v) is 12.7. The van der Waals surface area contributed by atoms with Crippen LogP contribution >= 0.6 is 11.6 Å². The Hall–Kier alpha value is -1.19. The minimum Gasteiger partial charge on any atom is -0.496 e. The lowest BCUT2D eigenvalue weighted by atomic mass is 10.2. The van der Waals surface area contributed by atoms with Crippen LogP contribution in [-0.4, -0.2) is 38.8 Å².